The van der Waals surface area contributed by atoms with Crippen LogP contribution in [-0.2, 0) is 69.4 Å². The van der Waals surface area contributed by atoms with Crippen molar-refractivity contribution in [1.29, 1.82) is 0 Å². The molecule has 146 heavy (non-hydrogen) atoms. The van der Waals surface area contributed by atoms with Crippen LogP contribution in [0.3, 0.4) is 0 Å². The van der Waals surface area contributed by atoms with Crippen molar-refractivity contribution in [2.24, 2.45) is 0 Å². The zero-order valence-electron chi connectivity index (χ0n) is 83.7. The van der Waals surface area contributed by atoms with E-state index in [9.17, 15) is 32.3 Å². The smallest absolute Gasteiger partial charge is 0.410 e. The molecule has 19 rings (SSSR count). The number of carbonyl (C=O) groups is 4. The molecule has 5 N–H and O–H groups in total. The zero-order chi connectivity index (χ0) is 99.7. The van der Waals surface area contributed by atoms with Gasteiger partial charge in [0, 0.05) is 182 Å². The second-order valence-electron chi connectivity index (χ2n) is 36.3. The highest BCUT2D eigenvalue weighted by Gasteiger charge is 2.41. The van der Waals surface area contributed by atoms with E-state index in [1.54, 1.807) is 15.9 Å². The number of hydrogen-bond acceptors (Lipinski definition) is 27. The number of hydrogen-bond donors (Lipinski definition) is 3. The fourth-order valence-corrected chi connectivity index (χ4v) is 20.8. The molecule has 9 aliphatic rings. The number of fused-ring (bicyclic) bond motifs is 6. The number of amides is 2. The summed E-state index contributed by atoms with van der Waals surface area (Å²) in [4.78, 5) is 111. The molecular formula is C108H135F3N22O10S3. The minimum Gasteiger partial charge on any atom is -0.462 e. The first-order valence-corrected chi connectivity index (χ1v) is 49.3. The molecule has 6 atom stereocenters. The van der Waals surface area contributed by atoms with Crippen LogP contribution >= 0.6 is 40.5 Å². The number of esters is 2. The lowest BCUT2D eigenvalue weighted by molar-refractivity contribution is -0.152. The van der Waals surface area contributed by atoms with Crippen molar-refractivity contribution in [2.75, 3.05) is 194 Å². The van der Waals surface area contributed by atoms with Crippen molar-refractivity contribution in [3.8, 4) is 18.0 Å². The minimum atomic E-state index is -0.764. The highest BCUT2D eigenvalue weighted by molar-refractivity contribution is 7.59. The number of halogens is 3. The molecular weight excluding hydrogens is 1920 g/mol. The number of benzene rings is 7. The fourth-order valence-electron chi connectivity index (χ4n) is 20.8. The lowest BCUT2D eigenvalue weighted by atomic mass is 10.0. The Balaban J connectivity index is 0.000000196. The molecule has 38 heteroatoms. The molecule has 6 saturated heterocycles. The monoisotopic (exact) mass is 2050 g/mol. The molecule has 2 amide bonds. The number of aliphatic hydroxyl groups excluding tert-OH is 1. The number of carbonyl (C=O) groups excluding carboxylic acids is 4. The van der Waals surface area contributed by atoms with Gasteiger partial charge in [0.25, 0.3) is 0 Å². The summed E-state index contributed by atoms with van der Waals surface area (Å²) < 4.78 is 72.6. The first-order valence-electron chi connectivity index (χ1n) is 49.3. The van der Waals surface area contributed by atoms with Crippen LogP contribution in [0.15, 0.2) is 177 Å². The van der Waals surface area contributed by atoms with Gasteiger partial charge in [-0.25, -0.2) is 47.3 Å². The van der Waals surface area contributed by atoms with Gasteiger partial charge < -0.3 is 89.1 Å². The van der Waals surface area contributed by atoms with Gasteiger partial charge in [-0.2, -0.15) is 70.4 Å². The number of likely N-dealkylation sites (tertiary alicyclic amines) is 3. The predicted octanol–water partition coefficient (Wildman–Crippen LogP) is 14.7. The molecule has 0 saturated carbocycles. The highest BCUT2D eigenvalue weighted by Crippen LogP contribution is 2.41. The molecule has 3 unspecified atom stereocenters. The average molecular weight is 2050 g/mol. The molecule has 32 nitrogen and oxygen atoms in total. The van der Waals surface area contributed by atoms with E-state index in [4.69, 9.17) is 73.7 Å². The maximum absolute atomic E-state index is 14.7. The Labute approximate surface area is 874 Å². The third-order valence-corrected chi connectivity index (χ3v) is 28.0. The Kier molecular flexibility index (Phi) is 42.6. The van der Waals surface area contributed by atoms with Crippen molar-refractivity contribution in [3.63, 3.8) is 0 Å². The number of nitrogens with one attached hydrogen (secondary N) is 1. The molecule has 0 bridgehead atoms. The summed E-state index contributed by atoms with van der Waals surface area (Å²) in [5, 5.41) is 15.0. The van der Waals surface area contributed by atoms with Crippen LogP contribution in [0, 0.1) is 37.2 Å². The van der Waals surface area contributed by atoms with Crippen LogP contribution in [0.25, 0.3) is 46.9 Å². The van der Waals surface area contributed by atoms with Gasteiger partial charge in [0.15, 0.2) is 0 Å². The zero-order valence-corrected chi connectivity index (χ0v) is 86.7. The van der Waals surface area contributed by atoms with Gasteiger partial charge >= 0.3 is 36.1 Å². The van der Waals surface area contributed by atoms with Crippen molar-refractivity contribution in [3.05, 3.63) is 269 Å². The first kappa shape index (κ1) is 113. The van der Waals surface area contributed by atoms with Crippen molar-refractivity contribution in [1.82, 2.24) is 65.9 Å². The van der Waals surface area contributed by atoms with Gasteiger partial charge in [-0.05, 0) is 145 Å². The largest absolute Gasteiger partial charge is 0.462 e. The Morgan fingerprint density at radius 1 is 0.425 bits per heavy atom. The number of rotatable bonds is 26. The Bertz CT molecular complexity index is 6270. The van der Waals surface area contributed by atoms with E-state index in [0.717, 1.165) is 220 Å². The standard InChI is InChI=1S/C38H42FN7O3.C33H38FN7O2.C30H36FN7O.C6H6O3.CH4O.H3N.3H2S/c1-3-43-18-9-12-28(43)26-48-37-41-34-24-44(35-16-15-33(39)30-13-7-8-14-31(30)35)19-17-32(34)36(42-37)45-20-21-46(29(23-45)22-40-2)38(47)49-25-27-10-5-4-6-11-27;1-4-31(42)41-18-17-40(20-24(41)19-35-3)32-27-14-16-39(30-13-12-28(34)25-10-6-7-11-26(25)30)21-29(27)36-33(37-32)43-22-23-9-8-15-38(23)5-2;1-3-36-14-6-7-22(36)20-39-30-34-27-19-37(28-11-10-26(31)23-8-4-5-9-24(23)28)15-12-25(27)29(35-30)38-16-13-33-21(18-38)17-32-2;1-3-5(7)9-6(8)4-2;1-2;;;;/h4-8,10-11,13-16,28-29H,3,9,12,17-26H2,1H3;4,6-7,10-13,23-24H,1,5,8-9,14-22H2,2H3;4-5,8-11,21-22,33H,3,6-7,12-20H2,1H3;3-4H,1-2H2;2H,1H3;1H3;3*1H2/t28-,29?;23-,24?;21?,22-;;;;;;/m000....../s1. The summed E-state index contributed by atoms with van der Waals surface area (Å²) in [7, 11) is 1.00. The quantitative estimate of drug-likeness (QED) is 0.0196. The van der Waals surface area contributed by atoms with E-state index >= 15 is 0 Å². The third-order valence-electron chi connectivity index (χ3n) is 28.0. The Morgan fingerprint density at radius 2 is 0.781 bits per heavy atom. The predicted molar refractivity (Wildman–Crippen MR) is 581 cm³/mol. The summed E-state index contributed by atoms with van der Waals surface area (Å²) in [6.45, 7) is 57.0. The van der Waals surface area contributed by atoms with Crippen LogP contribution in [0.5, 0.6) is 18.0 Å². The number of likely N-dealkylation sites (N-methyl/N-ethyl adjacent to an activating group) is 3. The second kappa shape index (κ2) is 54.9. The van der Waals surface area contributed by atoms with Crippen molar-refractivity contribution in [2.45, 2.75) is 141 Å². The molecule has 3 aromatic heterocycles. The average Bonchev–Trinajstić information content (AvgIpc) is 0.957. The fraction of sp³-hybridized carbons (Fsp3) is 0.435. The van der Waals surface area contributed by atoms with E-state index in [1.807, 2.05) is 121 Å². The number of aliphatic hydroxyl groups is 1. The highest BCUT2D eigenvalue weighted by atomic mass is 32.1. The Hall–Kier alpha value is -13.1. The number of piperazine rings is 3. The van der Waals surface area contributed by atoms with E-state index < -0.39 is 18.0 Å². The summed E-state index contributed by atoms with van der Waals surface area (Å²) in [6.07, 6.45) is 11.7. The maximum Gasteiger partial charge on any atom is 0.410 e. The van der Waals surface area contributed by atoms with Crippen LogP contribution < -0.4 is 55.1 Å². The molecule has 776 valence electrons. The number of ether oxygens (including phenoxy) is 5. The summed E-state index contributed by atoms with van der Waals surface area (Å²) in [5.41, 5.74) is 9.89. The second-order valence-corrected chi connectivity index (χ2v) is 36.3. The van der Waals surface area contributed by atoms with Gasteiger partial charge in [0.05, 0.1) is 42.8 Å². The summed E-state index contributed by atoms with van der Waals surface area (Å²) in [5.74, 6) is 0.218. The summed E-state index contributed by atoms with van der Waals surface area (Å²) in [6, 6.07) is 44.3. The molecule has 7 aromatic carbocycles. The number of aromatic nitrogens is 6. The lowest BCUT2D eigenvalue weighted by Gasteiger charge is -2.41. The Morgan fingerprint density at radius 3 is 1.14 bits per heavy atom. The van der Waals surface area contributed by atoms with Crippen molar-refractivity contribution >= 4 is 131 Å². The molecule has 0 spiro atoms. The maximum atomic E-state index is 14.7. The molecule has 0 aliphatic carbocycles. The van der Waals surface area contributed by atoms with Crippen LogP contribution in [-0.4, -0.2) is 284 Å². The van der Waals surface area contributed by atoms with E-state index in [1.165, 1.54) is 24.6 Å². The molecule has 9 aliphatic heterocycles. The van der Waals surface area contributed by atoms with E-state index in [2.05, 4.69) is 109 Å². The molecule has 0 radical (unpaired) electrons. The lowest BCUT2D eigenvalue weighted by Crippen LogP contribution is -2.57. The van der Waals surface area contributed by atoms with Gasteiger partial charge in [0.1, 0.15) is 73.4 Å². The van der Waals surface area contributed by atoms with Gasteiger partial charge in [-0.3, -0.25) is 24.4 Å². The first-order chi connectivity index (χ1) is 69.4. The van der Waals surface area contributed by atoms with Crippen LogP contribution in [0.1, 0.15) is 98.6 Å². The van der Waals surface area contributed by atoms with E-state index in [-0.39, 0.29) is 108 Å². The third kappa shape index (κ3) is 27.2. The SMILES string of the molecule is C=CC(=O)OC(=O)C=C.CO.N.S.S.S.[C-]#[N+]CC1CN(c2nc(OC[C@@H]3CCCN3CC)nc3c2CCN(c2ccc(F)c4ccccc24)C3)CCN1.[C-]#[N+]CC1CN(c2nc(OC[C@@H]3CCCN3CC)nc3c2CCN(c2ccc(F)c4ccccc24)C3)CCN1C(=O)C=C.[C-]#[N+]CC1CN(c2nc(OC[C@@H]3CCCN3CC)nc3c2CCN(c2ccc(F)c4ccccc24)C3)CCN1C(=O)OCc1ccccc1. The molecule has 6 fully saturated rings. The minimum absolute atomic E-state index is 0. The number of anilines is 6. The van der Waals surface area contributed by atoms with Gasteiger partial charge in [-0.15, -0.1) is 0 Å². The topological polar surface area (TPSA) is 308 Å². The van der Waals surface area contributed by atoms with Gasteiger partial charge in [0.2, 0.25) is 25.5 Å². The van der Waals surface area contributed by atoms with Crippen LogP contribution in [0.4, 0.5) is 52.5 Å². The molecule has 10 aromatic rings. The van der Waals surface area contributed by atoms with Crippen molar-refractivity contribution < 1.29 is 61.1 Å². The summed E-state index contributed by atoms with van der Waals surface area (Å²) >= 11 is 0. The van der Waals surface area contributed by atoms with E-state index in [0.29, 0.717) is 157 Å². The number of nitrogens with zero attached hydrogens (tertiary/aromatic N) is 20. The van der Waals surface area contributed by atoms with Crippen LogP contribution in [0.2, 0.25) is 0 Å². The molecule has 12 heterocycles. The van der Waals surface area contributed by atoms with Gasteiger partial charge in [-0.1, -0.05) is 144 Å². The normalized spacial score (nSPS) is 18.9.